The van der Waals surface area contributed by atoms with Gasteiger partial charge in [0.15, 0.2) is 11.5 Å². The number of amides is 1. The van der Waals surface area contributed by atoms with E-state index in [0.29, 0.717) is 28.4 Å². The maximum Gasteiger partial charge on any atom is 0.284 e. The van der Waals surface area contributed by atoms with Crippen LogP contribution < -0.4 is 20.5 Å². The molecule has 1 atom stereocenters. The summed E-state index contributed by atoms with van der Waals surface area (Å²) >= 11 is 0. The van der Waals surface area contributed by atoms with E-state index in [1.165, 1.54) is 10.9 Å². The number of nitrogens with one attached hydrogen (secondary N) is 2. The van der Waals surface area contributed by atoms with Crippen molar-refractivity contribution >= 4 is 12.1 Å². The molecule has 1 aromatic heterocycles. The zero-order valence-electron chi connectivity index (χ0n) is 15.1. The maximum atomic E-state index is 12.6. The minimum atomic E-state index is -0.819. The highest BCUT2D eigenvalue weighted by Gasteiger charge is 2.27. The van der Waals surface area contributed by atoms with Crippen LogP contribution in [-0.2, 0) is 4.79 Å². The molecule has 0 saturated heterocycles. The molecular formula is C20H18N4O4. The Hall–Kier alpha value is -3.81. The van der Waals surface area contributed by atoms with Crippen molar-refractivity contribution in [3.63, 3.8) is 0 Å². The lowest BCUT2D eigenvalue weighted by molar-refractivity contribution is -0.130. The second kappa shape index (κ2) is 7.43. The average Bonchev–Trinajstić information content (AvgIpc) is 3.02. The zero-order valence-corrected chi connectivity index (χ0v) is 15.1. The third-order valence-corrected chi connectivity index (χ3v) is 4.30. The van der Waals surface area contributed by atoms with Crippen LogP contribution >= 0.6 is 0 Å². The van der Waals surface area contributed by atoms with E-state index in [-0.39, 0.29) is 12.2 Å². The van der Waals surface area contributed by atoms with Crippen LogP contribution in [0.25, 0.3) is 5.69 Å². The number of ether oxygens (including phenoxy) is 2. The van der Waals surface area contributed by atoms with Crippen molar-refractivity contribution in [3.05, 3.63) is 76.2 Å². The molecule has 1 aliphatic rings. The van der Waals surface area contributed by atoms with Crippen molar-refractivity contribution in [3.8, 4) is 17.2 Å². The fourth-order valence-corrected chi connectivity index (χ4v) is 2.85. The molecular weight excluding hydrogens is 360 g/mol. The summed E-state index contributed by atoms with van der Waals surface area (Å²) in [5, 5.41) is 6.91. The van der Waals surface area contributed by atoms with E-state index in [9.17, 15) is 9.59 Å². The first-order valence-corrected chi connectivity index (χ1v) is 8.72. The van der Waals surface area contributed by atoms with Crippen LogP contribution in [0.4, 0.5) is 0 Å². The number of hydrogen-bond acceptors (Lipinski definition) is 5. The fourth-order valence-electron chi connectivity index (χ4n) is 2.85. The first-order chi connectivity index (χ1) is 13.6. The van der Waals surface area contributed by atoms with Crippen molar-refractivity contribution in [2.75, 3.05) is 6.61 Å². The molecule has 0 unspecified atom stereocenters. The van der Waals surface area contributed by atoms with Gasteiger partial charge in [0.1, 0.15) is 6.61 Å². The van der Waals surface area contributed by atoms with Gasteiger partial charge in [0, 0.05) is 5.69 Å². The van der Waals surface area contributed by atoms with E-state index in [0.717, 1.165) is 0 Å². The quantitative estimate of drug-likeness (QED) is 0.534. The number of carbonyl (C=O) groups is 1. The van der Waals surface area contributed by atoms with E-state index in [1.54, 1.807) is 25.1 Å². The summed E-state index contributed by atoms with van der Waals surface area (Å²) in [4.78, 5) is 24.9. The van der Waals surface area contributed by atoms with Crippen molar-refractivity contribution in [1.82, 2.24) is 15.2 Å². The van der Waals surface area contributed by atoms with E-state index >= 15 is 0 Å². The number of fused-ring (bicyclic) bond motifs is 1. The molecule has 2 heterocycles. The largest absolute Gasteiger partial charge is 0.485 e. The summed E-state index contributed by atoms with van der Waals surface area (Å²) in [5.74, 6) is 0.645. The van der Waals surface area contributed by atoms with Gasteiger partial charge in [0.25, 0.3) is 11.5 Å². The van der Waals surface area contributed by atoms with E-state index < -0.39 is 12.0 Å². The SMILES string of the molecule is Cc1[nH]n(-c2ccccc2)c(=O)c1/C=N\NC(=O)[C@H]1COc2ccccc2O1. The van der Waals surface area contributed by atoms with E-state index in [4.69, 9.17) is 9.47 Å². The van der Waals surface area contributed by atoms with Gasteiger partial charge in [-0.3, -0.25) is 14.7 Å². The van der Waals surface area contributed by atoms with Crippen LogP contribution in [0.1, 0.15) is 11.3 Å². The van der Waals surface area contributed by atoms with Crippen LogP contribution in [0.2, 0.25) is 0 Å². The third-order valence-electron chi connectivity index (χ3n) is 4.30. The molecule has 2 N–H and O–H groups in total. The number of aromatic amines is 1. The van der Waals surface area contributed by atoms with Crippen molar-refractivity contribution in [2.45, 2.75) is 13.0 Å². The Morgan fingerprint density at radius 1 is 1.18 bits per heavy atom. The van der Waals surface area contributed by atoms with Gasteiger partial charge in [0.05, 0.1) is 17.5 Å². The zero-order chi connectivity index (χ0) is 19.5. The molecule has 8 nitrogen and oxygen atoms in total. The van der Waals surface area contributed by atoms with Crippen LogP contribution in [0.5, 0.6) is 11.5 Å². The fraction of sp³-hybridized carbons (Fsp3) is 0.150. The summed E-state index contributed by atoms with van der Waals surface area (Å²) in [6, 6.07) is 16.3. The molecule has 0 saturated carbocycles. The number of nitrogens with zero attached hydrogens (tertiary/aromatic N) is 2. The van der Waals surface area contributed by atoms with Crippen LogP contribution in [0, 0.1) is 6.92 Å². The third kappa shape index (κ3) is 3.39. The number of hydrazone groups is 1. The molecule has 1 aliphatic heterocycles. The second-order valence-corrected chi connectivity index (χ2v) is 6.23. The minimum absolute atomic E-state index is 0.0857. The number of rotatable bonds is 4. The van der Waals surface area contributed by atoms with Gasteiger partial charge >= 0.3 is 0 Å². The number of para-hydroxylation sites is 3. The number of benzene rings is 2. The first-order valence-electron chi connectivity index (χ1n) is 8.72. The molecule has 0 fully saturated rings. The average molecular weight is 378 g/mol. The summed E-state index contributed by atoms with van der Waals surface area (Å²) in [7, 11) is 0. The van der Waals surface area contributed by atoms with Crippen LogP contribution in [-0.4, -0.2) is 34.6 Å². The van der Waals surface area contributed by atoms with E-state index in [2.05, 4.69) is 15.6 Å². The molecule has 28 heavy (non-hydrogen) atoms. The lowest BCUT2D eigenvalue weighted by atomic mass is 10.2. The van der Waals surface area contributed by atoms with Crippen LogP contribution in [0.15, 0.2) is 64.5 Å². The Kier molecular flexibility index (Phi) is 4.67. The Labute approximate surface area is 160 Å². The smallest absolute Gasteiger partial charge is 0.284 e. The Balaban J connectivity index is 1.45. The molecule has 0 radical (unpaired) electrons. The Morgan fingerprint density at radius 2 is 1.89 bits per heavy atom. The normalized spacial score (nSPS) is 15.5. The molecule has 8 heteroatoms. The minimum Gasteiger partial charge on any atom is -0.485 e. The highest BCUT2D eigenvalue weighted by atomic mass is 16.6. The predicted molar refractivity (Wildman–Crippen MR) is 103 cm³/mol. The monoisotopic (exact) mass is 378 g/mol. The summed E-state index contributed by atoms with van der Waals surface area (Å²) in [6.45, 7) is 1.85. The van der Waals surface area contributed by atoms with Crippen LogP contribution in [0.3, 0.4) is 0 Å². The molecule has 0 spiro atoms. The Morgan fingerprint density at radius 3 is 2.68 bits per heavy atom. The maximum absolute atomic E-state index is 12.6. The number of hydrogen-bond donors (Lipinski definition) is 2. The standard InChI is InChI=1S/C20H18N4O4/c1-13-15(20(26)24(23-13)14-7-3-2-4-8-14)11-21-22-19(25)18-12-27-16-9-5-6-10-17(16)28-18/h2-11,18,23H,12H2,1H3,(H,22,25)/b21-11-/t18-/m1/s1. The topological polar surface area (TPSA) is 97.7 Å². The molecule has 4 rings (SSSR count). The molecule has 1 amide bonds. The van der Waals surface area contributed by atoms with Crippen molar-refractivity contribution in [1.29, 1.82) is 0 Å². The molecule has 2 aromatic carbocycles. The van der Waals surface area contributed by atoms with Gasteiger partial charge in [-0.05, 0) is 31.2 Å². The molecule has 142 valence electrons. The van der Waals surface area contributed by atoms with E-state index in [1.807, 2.05) is 36.4 Å². The molecule has 0 aliphatic carbocycles. The number of carbonyl (C=O) groups excluding carboxylic acids is 1. The highest BCUT2D eigenvalue weighted by molar-refractivity contribution is 5.85. The Bertz CT molecular complexity index is 1090. The lowest BCUT2D eigenvalue weighted by Crippen LogP contribution is -2.42. The van der Waals surface area contributed by atoms with Gasteiger partial charge in [-0.1, -0.05) is 30.3 Å². The number of aromatic nitrogens is 2. The summed E-state index contributed by atoms with van der Waals surface area (Å²) in [6.07, 6.45) is 0.503. The summed E-state index contributed by atoms with van der Waals surface area (Å²) < 4.78 is 12.6. The van der Waals surface area contributed by atoms with Gasteiger partial charge in [-0.2, -0.15) is 5.10 Å². The highest BCUT2D eigenvalue weighted by Crippen LogP contribution is 2.30. The lowest BCUT2D eigenvalue weighted by Gasteiger charge is -2.24. The summed E-state index contributed by atoms with van der Waals surface area (Å²) in [5.41, 5.74) is 3.85. The second-order valence-electron chi connectivity index (χ2n) is 6.23. The number of aryl methyl sites for hydroxylation is 1. The van der Waals surface area contributed by atoms with Crippen molar-refractivity contribution < 1.29 is 14.3 Å². The number of H-pyrrole nitrogens is 1. The van der Waals surface area contributed by atoms with Gasteiger partial charge in [0.2, 0.25) is 6.10 Å². The van der Waals surface area contributed by atoms with Crippen molar-refractivity contribution in [2.24, 2.45) is 5.10 Å². The predicted octanol–water partition coefficient (Wildman–Crippen LogP) is 1.76. The van der Waals surface area contributed by atoms with Gasteiger partial charge in [-0.15, -0.1) is 0 Å². The molecule has 0 bridgehead atoms. The first kappa shape index (κ1) is 17.6. The molecule has 3 aromatic rings. The van der Waals surface area contributed by atoms with Gasteiger partial charge in [-0.25, -0.2) is 10.1 Å². The van der Waals surface area contributed by atoms with Gasteiger partial charge < -0.3 is 9.47 Å².